The molecule has 5 nitrogen and oxygen atoms in total. The first-order chi connectivity index (χ1) is 5.84. The van der Waals surface area contributed by atoms with Crippen LogP contribution in [-0.4, -0.2) is 20.0 Å². The SMILES string of the molecule is Nc1cnn(Cc2cscn2)n1. The predicted octanol–water partition coefficient (Wildman–Crippen LogP) is 0.365. The summed E-state index contributed by atoms with van der Waals surface area (Å²) in [5.74, 6) is 0.435. The Labute approximate surface area is 72.8 Å². The van der Waals surface area contributed by atoms with Crippen LogP contribution in [0.1, 0.15) is 5.69 Å². The maximum absolute atomic E-state index is 5.40. The van der Waals surface area contributed by atoms with Crippen molar-refractivity contribution in [2.24, 2.45) is 0 Å². The van der Waals surface area contributed by atoms with Crippen molar-refractivity contribution in [2.45, 2.75) is 6.54 Å². The van der Waals surface area contributed by atoms with Gasteiger partial charge < -0.3 is 5.73 Å². The lowest BCUT2D eigenvalue weighted by Crippen LogP contribution is -2.04. The molecule has 62 valence electrons. The highest BCUT2D eigenvalue weighted by molar-refractivity contribution is 7.07. The molecule has 0 aliphatic rings. The topological polar surface area (TPSA) is 69.6 Å². The summed E-state index contributed by atoms with van der Waals surface area (Å²) in [5, 5.41) is 9.83. The minimum Gasteiger partial charge on any atom is -0.381 e. The van der Waals surface area contributed by atoms with E-state index in [1.165, 1.54) is 11.0 Å². The Morgan fingerprint density at radius 2 is 2.50 bits per heavy atom. The van der Waals surface area contributed by atoms with Crippen molar-refractivity contribution in [1.29, 1.82) is 0 Å². The zero-order valence-corrected chi connectivity index (χ0v) is 7.03. The van der Waals surface area contributed by atoms with Gasteiger partial charge in [-0.25, -0.2) is 4.98 Å². The minimum atomic E-state index is 0.435. The number of hydrogen-bond donors (Lipinski definition) is 1. The van der Waals surface area contributed by atoms with Gasteiger partial charge in [0.25, 0.3) is 0 Å². The number of anilines is 1. The second-order valence-electron chi connectivity index (χ2n) is 2.28. The normalized spacial score (nSPS) is 10.3. The van der Waals surface area contributed by atoms with Crippen LogP contribution in [0.3, 0.4) is 0 Å². The Bertz CT molecular complexity index is 352. The van der Waals surface area contributed by atoms with Gasteiger partial charge >= 0.3 is 0 Å². The lowest BCUT2D eigenvalue weighted by atomic mass is 10.5. The molecule has 0 spiro atoms. The fraction of sp³-hybridized carbons (Fsp3) is 0.167. The fourth-order valence-electron chi connectivity index (χ4n) is 0.847. The molecule has 0 aliphatic carbocycles. The Kier molecular flexibility index (Phi) is 1.75. The summed E-state index contributed by atoms with van der Waals surface area (Å²) in [4.78, 5) is 5.62. The summed E-state index contributed by atoms with van der Waals surface area (Å²) < 4.78 is 0. The van der Waals surface area contributed by atoms with Gasteiger partial charge in [0.05, 0.1) is 17.4 Å². The number of nitrogen functional groups attached to an aromatic ring is 1. The molecular weight excluding hydrogens is 174 g/mol. The maximum atomic E-state index is 5.40. The highest BCUT2D eigenvalue weighted by Crippen LogP contribution is 2.02. The van der Waals surface area contributed by atoms with Crippen LogP contribution >= 0.6 is 11.3 Å². The molecule has 2 aromatic rings. The Balaban J connectivity index is 2.14. The highest BCUT2D eigenvalue weighted by atomic mass is 32.1. The number of thiazole rings is 1. The lowest BCUT2D eigenvalue weighted by Gasteiger charge is -1.93. The van der Waals surface area contributed by atoms with Gasteiger partial charge in [0.2, 0.25) is 0 Å². The van der Waals surface area contributed by atoms with Crippen LogP contribution in [0.25, 0.3) is 0 Å². The first kappa shape index (κ1) is 7.23. The van der Waals surface area contributed by atoms with Crippen LogP contribution in [0.4, 0.5) is 5.82 Å². The van der Waals surface area contributed by atoms with Gasteiger partial charge in [-0.1, -0.05) is 0 Å². The zero-order valence-electron chi connectivity index (χ0n) is 6.21. The Morgan fingerprint density at radius 3 is 3.08 bits per heavy atom. The van der Waals surface area contributed by atoms with Crippen LogP contribution in [0.2, 0.25) is 0 Å². The van der Waals surface area contributed by atoms with Crippen molar-refractivity contribution in [1.82, 2.24) is 20.0 Å². The maximum Gasteiger partial charge on any atom is 0.165 e. The highest BCUT2D eigenvalue weighted by Gasteiger charge is 1.98. The molecule has 2 aromatic heterocycles. The van der Waals surface area contributed by atoms with Crippen molar-refractivity contribution in [3.05, 3.63) is 22.8 Å². The first-order valence-corrected chi connectivity index (χ1v) is 4.31. The smallest absolute Gasteiger partial charge is 0.165 e. The van der Waals surface area contributed by atoms with Crippen molar-refractivity contribution in [3.63, 3.8) is 0 Å². The molecule has 0 atom stereocenters. The molecule has 2 rings (SSSR count). The molecule has 0 radical (unpaired) electrons. The third-order valence-electron chi connectivity index (χ3n) is 1.34. The van der Waals surface area contributed by atoms with Gasteiger partial charge in [0, 0.05) is 5.38 Å². The van der Waals surface area contributed by atoms with Gasteiger partial charge in [-0.05, 0) is 0 Å². The zero-order chi connectivity index (χ0) is 8.39. The van der Waals surface area contributed by atoms with Crippen LogP contribution in [0.15, 0.2) is 17.1 Å². The van der Waals surface area contributed by atoms with E-state index in [1.54, 1.807) is 16.8 Å². The van der Waals surface area contributed by atoms with Crippen LogP contribution < -0.4 is 5.73 Å². The van der Waals surface area contributed by atoms with E-state index in [0.717, 1.165) is 5.69 Å². The summed E-state index contributed by atoms with van der Waals surface area (Å²) in [7, 11) is 0. The van der Waals surface area contributed by atoms with E-state index in [4.69, 9.17) is 5.73 Å². The molecule has 0 saturated carbocycles. The lowest BCUT2D eigenvalue weighted by molar-refractivity contribution is 0.585. The van der Waals surface area contributed by atoms with Gasteiger partial charge in [-0.2, -0.15) is 9.90 Å². The molecule has 0 bridgehead atoms. The number of rotatable bonds is 2. The molecule has 2 N–H and O–H groups in total. The number of nitrogens with zero attached hydrogens (tertiary/aromatic N) is 4. The second kappa shape index (κ2) is 2.90. The summed E-state index contributed by atoms with van der Waals surface area (Å²) in [6, 6.07) is 0. The summed E-state index contributed by atoms with van der Waals surface area (Å²) in [6.07, 6.45) is 1.52. The van der Waals surface area contributed by atoms with E-state index < -0.39 is 0 Å². The Morgan fingerprint density at radius 1 is 1.58 bits per heavy atom. The third-order valence-corrected chi connectivity index (χ3v) is 1.98. The van der Waals surface area contributed by atoms with Gasteiger partial charge in [-0.15, -0.1) is 16.4 Å². The van der Waals surface area contributed by atoms with E-state index in [9.17, 15) is 0 Å². The van der Waals surface area contributed by atoms with E-state index >= 15 is 0 Å². The molecule has 6 heteroatoms. The monoisotopic (exact) mass is 181 g/mol. The van der Waals surface area contributed by atoms with Crippen LogP contribution in [-0.2, 0) is 6.54 Å². The third kappa shape index (κ3) is 1.42. The summed E-state index contributed by atoms with van der Waals surface area (Å²) in [6.45, 7) is 0.584. The predicted molar refractivity (Wildman–Crippen MR) is 45.7 cm³/mol. The molecule has 0 aromatic carbocycles. The molecule has 0 fully saturated rings. The van der Waals surface area contributed by atoms with Gasteiger partial charge in [0.15, 0.2) is 5.82 Å². The van der Waals surface area contributed by atoms with E-state index in [2.05, 4.69) is 15.2 Å². The summed E-state index contributed by atoms with van der Waals surface area (Å²) >= 11 is 1.55. The number of aromatic nitrogens is 4. The largest absolute Gasteiger partial charge is 0.381 e. The van der Waals surface area contributed by atoms with Crippen LogP contribution in [0, 0.1) is 0 Å². The number of hydrogen-bond acceptors (Lipinski definition) is 5. The molecule has 0 aliphatic heterocycles. The number of nitrogens with two attached hydrogens (primary N) is 1. The standard InChI is InChI=1S/C6H7N5S/c7-6-1-9-11(10-6)2-5-3-12-4-8-5/h1,3-4H,2H2,(H2,7,10). The Hall–Kier alpha value is -1.43. The fourth-order valence-corrected chi connectivity index (χ4v) is 1.40. The quantitative estimate of drug-likeness (QED) is 0.726. The van der Waals surface area contributed by atoms with Crippen molar-refractivity contribution >= 4 is 17.2 Å². The van der Waals surface area contributed by atoms with E-state index in [1.807, 2.05) is 5.38 Å². The van der Waals surface area contributed by atoms with Gasteiger partial charge in [-0.3, -0.25) is 0 Å². The molecule has 0 saturated heterocycles. The van der Waals surface area contributed by atoms with Crippen molar-refractivity contribution in [2.75, 3.05) is 5.73 Å². The molecular formula is C6H7N5S. The van der Waals surface area contributed by atoms with Crippen molar-refractivity contribution in [3.8, 4) is 0 Å². The van der Waals surface area contributed by atoms with E-state index in [-0.39, 0.29) is 0 Å². The van der Waals surface area contributed by atoms with E-state index in [0.29, 0.717) is 12.4 Å². The molecule has 12 heavy (non-hydrogen) atoms. The molecule has 0 amide bonds. The summed E-state index contributed by atoms with van der Waals surface area (Å²) in [5.41, 5.74) is 8.13. The molecule has 2 heterocycles. The van der Waals surface area contributed by atoms with Crippen molar-refractivity contribution < 1.29 is 0 Å². The second-order valence-corrected chi connectivity index (χ2v) is 3.00. The van der Waals surface area contributed by atoms with Crippen LogP contribution in [0.5, 0.6) is 0 Å². The average molecular weight is 181 g/mol. The molecule has 0 unspecified atom stereocenters. The average Bonchev–Trinajstić information content (AvgIpc) is 2.63. The van der Waals surface area contributed by atoms with Gasteiger partial charge in [0.1, 0.15) is 6.54 Å². The minimum absolute atomic E-state index is 0.435. The first-order valence-electron chi connectivity index (χ1n) is 3.37.